The molecule has 0 aromatic carbocycles. The van der Waals surface area contributed by atoms with E-state index in [1.54, 1.807) is 0 Å². The van der Waals surface area contributed by atoms with Gasteiger partial charge in [0, 0.05) is 31.1 Å². The van der Waals surface area contributed by atoms with Crippen LogP contribution in [0.5, 0.6) is 0 Å². The maximum absolute atomic E-state index is 5.35. The molecule has 12 heavy (non-hydrogen) atoms. The largest absolute Gasteiger partial charge is 0.381 e. The molecule has 0 N–H and O–H groups in total. The Balaban J connectivity index is 2.19. The van der Waals surface area contributed by atoms with Crippen molar-refractivity contribution >= 4 is 0 Å². The molecule has 1 aliphatic rings. The van der Waals surface area contributed by atoms with E-state index in [-0.39, 0.29) is 0 Å². The lowest BCUT2D eigenvalue weighted by Crippen LogP contribution is -2.35. The molecule has 66 valence electrons. The minimum Gasteiger partial charge on any atom is -0.381 e. The molecule has 1 aromatic rings. The summed E-state index contributed by atoms with van der Waals surface area (Å²) in [6.07, 6.45) is 6.54. The fraction of sp³-hybridized carbons (Fsp3) is 0.600. The topological polar surface area (TPSA) is 14.2 Å². The first kappa shape index (κ1) is 7.87. The van der Waals surface area contributed by atoms with Gasteiger partial charge in [0.15, 0.2) is 0 Å². The molecule has 0 bridgehead atoms. The van der Waals surface area contributed by atoms with Gasteiger partial charge in [0.2, 0.25) is 0 Å². The van der Waals surface area contributed by atoms with Crippen LogP contribution in [0.1, 0.15) is 19.8 Å². The van der Waals surface area contributed by atoms with Gasteiger partial charge in [0.1, 0.15) is 0 Å². The highest BCUT2D eigenvalue weighted by Crippen LogP contribution is 2.28. The van der Waals surface area contributed by atoms with Crippen molar-refractivity contribution in [2.45, 2.75) is 25.3 Å². The third-order valence-corrected chi connectivity index (χ3v) is 2.80. The zero-order valence-corrected chi connectivity index (χ0v) is 7.49. The van der Waals surface area contributed by atoms with Crippen molar-refractivity contribution in [2.75, 3.05) is 13.2 Å². The zero-order chi connectivity index (χ0) is 8.44. The first-order valence-electron chi connectivity index (χ1n) is 4.52. The van der Waals surface area contributed by atoms with Crippen LogP contribution >= 0.6 is 0 Å². The van der Waals surface area contributed by atoms with Crippen LogP contribution in [0.2, 0.25) is 0 Å². The summed E-state index contributed by atoms with van der Waals surface area (Å²) in [6, 6.07) is 4.17. The second-order valence-electron chi connectivity index (χ2n) is 3.70. The van der Waals surface area contributed by atoms with Crippen molar-refractivity contribution < 1.29 is 4.74 Å². The number of nitrogens with zero attached hydrogens (tertiary/aromatic N) is 1. The Morgan fingerprint density at radius 1 is 1.17 bits per heavy atom. The summed E-state index contributed by atoms with van der Waals surface area (Å²) in [7, 11) is 0. The van der Waals surface area contributed by atoms with E-state index >= 15 is 0 Å². The van der Waals surface area contributed by atoms with Gasteiger partial charge >= 0.3 is 0 Å². The van der Waals surface area contributed by atoms with E-state index in [9.17, 15) is 0 Å². The van der Waals surface area contributed by atoms with Gasteiger partial charge in [0.05, 0.1) is 0 Å². The maximum Gasteiger partial charge on any atom is 0.0488 e. The van der Waals surface area contributed by atoms with Crippen molar-refractivity contribution in [1.82, 2.24) is 4.57 Å². The SMILES string of the molecule is CC1(n2cccc2)CCOCC1. The van der Waals surface area contributed by atoms with E-state index in [1.807, 2.05) is 0 Å². The molecule has 0 atom stereocenters. The number of ether oxygens (including phenoxy) is 1. The standard InChI is InChI=1S/C10H15NO/c1-10(4-8-12-9-5-10)11-6-2-3-7-11/h2-3,6-7H,4-5,8-9H2,1H3. The van der Waals surface area contributed by atoms with Gasteiger partial charge in [0.25, 0.3) is 0 Å². The minimum atomic E-state index is 0.293. The smallest absolute Gasteiger partial charge is 0.0488 e. The monoisotopic (exact) mass is 165 g/mol. The van der Waals surface area contributed by atoms with Gasteiger partial charge in [-0.05, 0) is 31.9 Å². The quantitative estimate of drug-likeness (QED) is 0.621. The maximum atomic E-state index is 5.35. The zero-order valence-electron chi connectivity index (χ0n) is 7.49. The van der Waals surface area contributed by atoms with E-state index in [1.165, 1.54) is 0 Å². The van der Waals surface area contributed by atoms with Crippen LogP contribution in [0.15, 0.2) is 24.5 Å². The Labute approximate surface area is 73.1 Å². The summed E-state index contributed by atoms with van der Waals surface area (Å²) in [6.45, 7) is 4.10. The predicted molar refractivity (Wildman–Crippen MR) is 48.1 cm³/mol. The molecule has 2 heteroatoms. The lowest BCUT2D eigenvalue weighted by atomic mass is 9.92. The second-order valence-corrected chi connectivity index (χ2v) is 3.70. The molecule has 1 fully saturated rings. The molecule has 2 heterocycles. The Bertz CT molecular complexity index is 234. The lowest BCUT2D eigenvalue weighted by Gasteiger charge is -2.35. The molecule has 0 spiro atoms. The lowest BCUT2D eigenvalue weighted by molar-refractivity contribution is 0.0296. The minimum absolute atomic E-state index is 0.293. The molecule has 1 aromatic heterocycles. The Hall–Kier alpha value is -0.760. The number of rotatable bonds is 1. The van der Waals surface area contributed by atoms with E-state index in [4.69, 9.17) is 4.74 Å². The van der Waals surface area contributed by atoms with Crippen LogP contribution in [-0.2, 0) is 10.3 Å². The number of hydrogen-bond donors (Lipinski definition) is 0. The fourth-order valence-electron chi connectivity index (χ4n) is 1.76. The molecule has 0 saturated carbocycles. The molecule has 2 rings (SSSR count). The van der Waals surface area contributed by atoms with Crippen molar-refractivity contribution in [3.05, 3.63) is 24.5 Å². The Morgan fingerprint density at radius 3 is 2.33 bits per heavy atom. The molecular formula is C10H15NO. The van der Waals surface area contributed by atoms with Gasteiger partial charge in [-0.1, -0.05) is 0 Å². The summed E-state index contributed by atoms with van der Waals surface area (Å²) < 4.78 is 7.65. The third-order valence-electron chi connectivity index (χ3n) is 2.80. The van der Waals surface area contributed by atoms with E-state index in [2.05, 4.69) is 36.0 Å². The molecule has 2 nitrogen and oxygen atoms in total. The summed E-state index contributed by atoms with van der Waals surface area (Å²) >= 11 is 0. The first-order chi connectivity index (χ1) is 5.81. The van der Waals surface area contributed by atoms with Crippen LogP contribution in [0.25, 0.3) is 0 Å². The number of aromatic nitrogens is 1. The number of hydrogen-bond acceptors (Lipinski definition) is 1. The second kappa shape index (κ2) is 2.94. The normalized spacial score (nSPS) is 22.4. The highest BCUT2D eigenvalue weighted by atomic mass is 16.5. The highest BCUT2D eigenvalue weighted by molar-refractivity contribution is 4.98. The summed E-state index contributed by atoms with van der Waals surface area (Å²) in [5, 5.41) is 0. The average molecular weight is 165 g/mol. The van der Waals surface area contributed by atoms with Crippen molar-refractivity contribution in [2.24, 2.45) is 0 Å². The molecule has 1 saturated heterocycles. The van der Waals surface area contributed by atoms with Crippen molar-refractivity contribution in [3.63, 3.8) is 0 Å². The van der Waals surface area contributed by atoms with Gasteiger partial charge < -0.3 is 9.30 Å². The van der Waals surface area contributed by atoms with Crippen LogP contribution < -0.4 is 0 Å². The molecule has 0 radical (unpaired) electrons. The first-order valence-corrected chi connectivity index (χ1v) is 4.52. The average Bonchev–Trinajstić information content (AvgIpc) is 2.58. The van der Waals surface area contributed by atoms with Crippen LogP contribution in [0.3, 0.4) is 0 Å². The molecule has 0 unspecified atom stereocenters. The summed E-state index contributed by atoms with van der Waals surface area (Å²) in [5.74, 6) is 0. The van der Waals surface area contributed by atoms with Crippen molar-refractivity contribution in [3.8, 4) is 0 Å². The fourth-order valence-corrected chi connectivity index (χ4v) is 1.76. The van der Waals surface area contributed by atoms with Gasteiger partial charge in [-0.25, -0.2) is 0 Å². The van der Waals surface area contributed by atoms with E-state index in [0.29, 0.717) is 5.54 Å². The highest BCUT2D eigenvalue weighted by Gasteiger charge is 2.27. The molecule has 0 amide bonds. The molecule has 0 aliphatic carbocycles. The molecule has 1 aliphatic heterocycles. The predicted octanol–water partition coefficient (Wildman–Crippen LogP) is 2.01. The van der Waals surface area contributed by atoms with Crippen LogP contribution in [-0.4, -0.2) is 17.8 Å². The van der Waals surface area contributed by atoms with Gasteiger partial charge in [-0.2, -0.15) is 0 Å². The summed E-state index contributed by atoms with van der Waals surface area (Å²) in [4.78, 5) is 0. The van der Waals surface area contributed by atoms with Crippen LogP contribution in [0.4, 0.5) is 0 Å². The van der Waals surface area contributed by atoms with Gasteiger partial charge in [-0.3, -0.25) is 0 Å². The molecular weight excluding hydrogens is 150 g/mol. The van der Waals surface area contributed by atoms with Crippen molar-refractivity contribution in [1.29, 1.82) is 0 Å². The third kappa shape index (κ3) is 1.27. The van der Waals surface area contributed by atoms with Gasteiger partial charge in [-0.15, -0.1) is 0 Å². The van der Waals surface area contributed by atoms with E-state index in [0.717, 1.165) is 26.1 Å². The summed E-state index contributed by atoms with van der Waals surface area (Å²) in [5.41, 5.74) is 0.293. The Kier molecular flexibility index (Phi) is 1.93. The van der Waals surface area contributed by atoms with E-state index < -0.39 is 0 Å². The van der Waals surface area contributed by atoms with Crippen LogP contribution in [0, 0.1) is 0 Å². The Morgan fingerprint density at radius 2 is 1.75 bits per heavy atom.